The SMILES string of the molecule is S[CH]c1nc2ccccc2s1. The van der Waals surface area contributed by atoms with Crippen LogP contribution in [0.25, 0.3) is 10.2 Å². The second-order valence-corrected chi connectivity index (χ2v) is 3.47. The summed E-state index contributed by atoms with van der Waals surface area (Å²) in [5.74, 6) is 1.73. The molecule has 11 heavy (non-hydrogen) atoms. The highest BCUT2D eigenvalue weighted by molar-refractivity contribution is 7.82. The van der Waals surface area contributed by atoms with Crippen molar-refractivity contribution in [1.29, 1.82) is 0 Å². The van der Waals surface area contributed by atoms with E-state index in [1.807, 2.05) is 18.2 Å². The number of nitrogens with zero attached hydrogens (tertiary/aromatic N) is 1. The average Bonchev–Trinajstić information content (AvgIpc) is 2.46. The zero-order chi connectivity index (χ0) is 7.68. The van der Waals surface area contributed by atoms with Crippen LogP contribution in [0.15, 0.2) is 24.3 Å². The number of hydrogen-bond donors (Lipinski definition) is 1. The van der Waals surface area contributed by atoms with E-state index in [4.69, 9.17) is 0 Å². The molecule has 0 N–H and O–H groups in total. The molecule has 2 aromatic rings. The third-order valence-electron chi connectivity index (χ3n) is 1.42. The highest BCUT2D eigenvalue weighted by Gasteiger charge is 1.99. The Morgan fingerprint density at radius 3 is 2.91 bits per heavy atom. The fourth-order valence-corrected chi connectivity index (χ4v) is 1.95. The Kier molecular flexibility index (Phi) is 1.84. The molecule has 0 atom stereocenters. The number of rotatable bonds is 1. The van der Waals surface area contributed by atoms with E-state index in [-0.39, 0.29) is 0 Å². The van der Waals surface area contributed by atoms with Crippen LogP contribution in [0.4, 0.5) is 0 Å². The van der Waals surface area contributed by atoms with Gasteiger partial charge in [0.15, 0.2) is 0 Å². The summed E-state index contributed by atoms with van der Waals surface area (Å²) in [6.07, 6.45) is 0. The van der Waals surface area contributed by atoms with Crippen LogP contribution in [-0.4, -0.2) is 4.98 Å². The van der Waals surface area contributed by atoms with E-state index in [1.54, 1.807) is 17.1 Å². The quantitative estimate of drug-likeness (QED) is 0.666. The number of para-hydroxylation sites is 1. The number of aromatic nitrogens is 1. The second-order valence-electron chi connectivity index (χ2n) is 2.15. The molecule has 0 unspecified atom stereocenters. The molecule has 0 bridgehead atoms. The highest BCUT2D eigenvalue weighted by Crippen LogP contribution is 2.22. The molecule has 1 aromatic carbocycles. The minimum Gasteiger partial charge on any atom is -0.240 e. The lowest BCUT2D eigenvalue weighted by atomic mass is 10.3. The first-order valence-electron chi connectivity index (χ1n) is 3.23. The molecular formula is C8H6NS2. The lowest BCUT2D eigenvalue weighted by Crippen LogP contribution is -1.68. The van der Waals surface area contributed by atoms with Crippen molar-refractivity contribution >= 4 is 34.2 Å². The molecule has 3 heteroatoms. The third-order valence-corrected chi connectivity index (χ3v) is 2.82. The van der Waals surface area contributed by atoms with Gasteiger partial charge in [-0.2, -0.15) is 12.6 Å². The van der Waals surface area contributed by atoms with E-state index >= 15 is 0 Å². The normalized spacial score (nSPS) is 10.6. The number of thiol groups is 1. The summed E-state index contributed by atoms with van der Waals surface area (Å²) in [5, 5.41) is 0.967. The average molecular weight is 180 g/mol. The first-order chi connectivity index (χ1) is 5.40. The largest absolute Gasteiger partial charge is 0.240 e. The summed E-state index contributed by atoms with van der Waals surface area (Å²) in [4.78, 5) is 4.32. The Balaban J connectivity index is 2.69. The molecule has 0 saturated heterocycles. The molecule has 0 saturated carbocycles. The molecule has 1 heterocycles. The van der Waals surface area contributed by atoms with Crippen molar-refractivity contribution in [3.63, 3.8) is 0 Å². The van der Waals surface area contributed by atoms with Crippen LogP contribution in [0, 0.1) is 5.75 Å². The first-order valence-corrected chi connectivity index (χ1v) is 4.56. The van der Waals surface area contributed by atoms with Gasteiger partial charge in [-0.1, -0.05) is 12.1 Å². The van der Waals surface area contributed by atoms with Crippen molar-refractivity contribution in [3.8, 4) is 0 Å². The molecule has 0 spiro atoms. The molecule has 0 amide bonds. The van der Waals surface area contributed by atoms with E-state index in [9.17, 15) is 0 Å². The van der Waals surface area contributed by atoms with Gasteiger partial charge in [0.2, 0.25) is 0 Å². The molecule has 1 nitrogen and oxygen atoms in total. The Morgan fingerprint density at radius 2 is 2.18 bits per heavy atom. The molecule has 55 valence electrons. The predicted molar refractivity (Wildman–Crippen MR) is 52.0 cm³/mol. The lowest BCUT2D eigenvalue weighted by molar-refractivity contribution is 1.42. The maximum absolute atomic E-state index is 4.32. The van der Waals surface area contributed by atoms with Crippen LogP contribution in [0.1, 0.15) is 5.01 Å². The van der Waals surface area contributed by atoms with E-state index in [0.29, 0.717) is 0 Å². The van der Waals surface area contributed by atoms with Gasteiger partial charge in [-0.05, 0) is 12.1 Å². The van der Waals surface area contributed by atoms with E-state index in [0.717, 1.165) is 10.5 Å². The molecule has 0 aliphatic rings. The van der Waals surface area contributed by atoms with Crippen LogP contribution < -0.4 is 0 Å². The van der Waals surface area contributed by atoms with E-state index in [2.05, 4.69) is 23.7 Å². The summed E-state index contributed by atoms with van der Waals surface area (Å²) >= 11 is 5.70. The molecule has 0 fully saturated rings. The van der Waals surface area contributed by atoms with Crippen molar-refractivity contribution in [2.24, 2.45) is 0 Å². The minimum absolute atomic E-state index is 0.967. The first kappa shape index (κ1) is 7.13. The summed E-state index contributed by atoms with van der Waals surface area (Å²) in [6, 6.07) is 8.08. The fraction of sp³-hybridized carbons (Fsp3) is 0. The number of hydrogen-bond acceptors (Lipinski definition) is 3. The fourth-order valence-electron chi connectivity index (χ4n) is 0.945. The van der Waals surface area contributed by atoms with Gasteiger partial charge in [-0.3, -0.25) is 0 Å². The van der Waals surface area contributed by atoms with Gasteiger partial charge in [-0.25, -0.2) is 4.98 Å². The summed E-state index contributed by atoms with van der Waals surface area (Å²) in [5.41, 5.74) is 1.05. The van der Waals surface area contributed by atoms with Crippen molar-refractivity contribution in [3.05, 3.63) is 35.0 Å². The Morgan fingerprint density at radius 1 is 1.36 bits per heavy atom. The second kappa shape index (κ2) is 2.83. The van der Waals surface area contributed by atoms with Gasteiger partial charge in [-0.15, -0.1) is 11.3 Å². The summed E-state index contributed by atoms with van der Waals surface area (Å²) < 4.78 is 1.22. The van der Waals surface area contributed by atoms with Crippen molar-refractivity contribution in [2.75, 3.05) is 0 Å². The monoisotopic (exact) mass is 180 g/mol. The summed E-state index contributed by atoms with van der Waals surface area (Å²) in [6.45, 7) is 0. The highest BCUT2D eigenvalue weighted by atomic mass is 32.1. The van der Waals surface area contributed by atoms with Crippen LogP contribution in [0.2, 0.25) is 0 Å². The van der Waals surface area contributed by atoms with Gasteiger partial charge in [0, 0.05) is 0 Å². The molecular weight excluding hydrogens is 174 g/mol. The number of fused-ring (bicyclic) bond motifs is 1. The maximum atomic E-state index is 4.32. The Labute approximate surface area is 74.5 Å². The van der Waals surface area contributed by atoms with Crippen LogP contribution >= 0.6 is 24.0 Å². The van der Waals surface area contributed by atoms with Gasteiger partial charge in [0.05, 0.1) is 16.0 Å². The van der Waals surface area contributed by atoms with Gasteiger partial charge in [0.1, 0.15) is 5.01 Å². The predicted octanol–water partition coefficient (Wildman–Crippen LogP) is 2.74. The third kappa shape index (κ3) is 1.26. The van der Waals surface area contributed by atoms with Gasteiger partial charge >= 0.3 is 0 Å². The lowest BCUT2D eigenvalue weighted by Gasteiger charge is -1.80. The smallest absolute Gasteiger partial charge is 0.108 e. The van der Waals surface area contributed by atoms with Crippen molar-refractivity contribution in [1.82, 2.24) is 4.98 Å². The Hall–Kier alpha value is -0.540. The molecule has 0 aliphatic heterocycles. The number of benzene rings is 1. The summed E-state index contributed by atoms with van der Waals surface area (Å²) in [7, 11) is 0. The topological polar surface area (TPSA) is 12.9 Å². The van der Waals surface area contributed by atoms with Crippen LogP contribution in [0.5, 0.6) is 0 Å². The van der Waals surface area contributed by atoms with E-state index < -0.39 is 0 Å². The maximum Gasteiger partial charge on any atom is 0.108 e. The van der Waals surface area contributed by atoms with Crippen molar-refractivity contribution < 1.29 is 0 Å². The Bertz CT molecular complexity index is 334. The van der Waals surface area contributed by atoms with E-state index in [1.165, 1.54) is 4.70 Å². The minimum atomic E-state index is 0.967. The molecule has 2 rings (SSSR count). The molecule has 1 radical (unpaired) electrons. The van der Waals surface area contributed by atoms with Crippen molar-refractivity contribution in [2.45, 2.75) is 0 Å². The van der Waals surface area contributed by atoms with Gasteiger partial charge in [0.25, 0.3) is 0 Å². The molecule has 0 aliphatic carbocycles. The van der Waals surface area contributed by atoms with Crippen LogP contribution in [0.3, 0.4) is 0 Å². The molecule has 1 aromatic heterocycles. The van der Waals surface area contributed by atoms with Crippen LogP contribution in [-0.2, 0) is 0 Å². The standard InChI is InChI=1S/C8H6NS2/c10-5-8-9-6-3-1-2-4-7(6)11-8/h1-5,10H. The zero-order valence-corrected chi connectivity index (χ0v) is 7.40. The zero-order valence-electron chi connectivity index (χ0n) is 5.69. The van der Waals surface area contributed by atoms with Gasteiger partial charge < -0.3 is 0 Å². The number of thiazole rings is 1.